The normalized spacial score (nSPS) is 34.8. The highest BCUT2D eigenvalue weighted by molar-refractivity contribution is 7.82. The summed E-state index contributed by atoms with van der Waals surface area (Å²) < 4.78 is -0.128. The maximum Gasteiger partial charge on any atom is 0.0639 e. The third-order valence-corrected chi connectivity index (χ3v) is 10.6. The highest BCUT2D eigenvalue weighted by Gasteiger charge is 2.54. The molecule has 1 aromatic rings. The van der Waals surface area contributed by atoms with Gasteiger partial charge in [0.25, 0.3) is 0 Å². The van der Waals surface area contributed by atoms with Gasteiger partial charge < -0.3 is 5.73 Å². The Morgan fingerprint density at radius 2 is 2.15 bits per heavy atom. The molecule has 1 aromatic heterocycles. The number of aromatic nitrogens is 1. The molecule has 4 heteroatoms. The van der Waals surface area contributed by atoms with Crippen LogP contribution >= 0.6 is 12.6 Å². The van der Waals surface area contributed by atoms with E-state index in [0.29, 0.717) is 24.3 Å². The van der Waals surface area contributed by atoms with Crippen molar-refractivity contribution in [3.8, 4) is 0 Å². The fraction of sp³-hybridized carbons (Fsp3) is 0.444. The lowest BCUT2D eigenvalue weighted by Crippen LogP contribution is -2.57. The van der Waals surface area contributed by atoms with Crippen molar-refractivity contribution in [3.05, 3.63) is 109 Å². The minimum atomic E-state index is -0.287. The topological polar surface area (TPSA) is 51.3 Å². The molecular weight excluding hydrogens is 506 g/mol. The molecule has 0 saturated heterocycles. The van der Waals surface area contributed by atoms with Crippen LogP contribution in [-0.4, -0.2) is 27.5 Å². The van der Waals surface area contributed by atoms with Crippen LogP contribution in [0.1, 0.15) is 70.3 Å². The minimum Gasteiger partial charge on any atom is -0.321 e. The molecule has 1 fully saturated rings. The number of rotatable bonds is 6. The lowest BCUT2D eigenvalue weighted by Gasteiger charge is -2.53. The first-order valence-electron chi connectivity index (χ1n) is 15.0. The zero-order chi connectivity index (χ0) is 28.2. The van der Waals surface area contributed by atoms with Gasteiger partial charge in [-0.05, 0) is 98.5 Å². The van der Waals surface area contributed by atoms with Crippen LogP contribution in [-0.2, 0) is 0 Å². The van der Waals surface area contributed by atoms with Crippen LogP contribution in [0.5, 0.6) is 0 Å². The Bertz CT molecular complexity index is 1300. The molecule has 1 saturated carbocycles. The van der Waals surface area contributed by atoms with E-state index < -0.39 is 0 Å². The van der Waals surface area contributed by atoms with E-state index >= 15 is 0 Å². The molecule has 0 radical (unpaired) electrons. The van der Waals surface area contributed by atoms with E-state index in [0.717, 1.165) is 62.5 Å². The lowest BCUT2D eigenvalue weighted by molar-refractivity contribution is 0.125. The van der Waals surface area contributed by atoms with Crippen molar-refractivity contribution in [1.82, 2.24) is 4.98 Å². The van der Waals surface area contributed by atoms with E-state index in [-0.39, 0.29) is 10.3 Å². The summed E-state index contributed by atoms with van der Waals surface area (Å²) >= 11 is 5.53. The van der Waals surface area contributed by atoms with Gasteiger partial charge in [0.15, 0.2) is 0 Å². The van der Waals surface area contributed by atoms with Crippen molar-refractivity contribution in [2.24, 2.45) is 28.5 Å². The molecule has 40 heavy (non-hydrogen) atoms. The first-order chi connectivity index (χ1) is 19.4. The van der Waals surface area contributed by atoms with Crippen LogP contribution in [0, 0.1) is 17.8 Å². The molecule has 210 valence electrons. The molecule has 1 unspecified atom stereocenters. The van der Waals surface area contributed by atoms with E-state index in [2.05, 4.69) is 67.6 Å². The molecule has 3 nitrogen and oxygen atoms in total. The molecular formula is C36H45N3S. The van der Waals surface area contributed by atoms with Gasteiger partial charge in [-0.1, -0.05) is 73.4 Å². The number of hydrogen-bond acceptors (Lipinski definition) is 4. The first kappa shape index (κ1) is 28.8. The second kappa shape index (κ2) is 12.4. The Hall–Kier alpha value is -2.69. The maximum absolute atomic E-state index is 7.51. The molecule has 0 bridgehead atoms. The summed E-state index contributed by atoms with van der Waals surface area (Å²) in [6.45, 7) is 10.9. The van der Waals surface area contributed by atoms with E-state index in [1.165, 1.54) is 28.9 Å². The van der Waals surface area contributed by atoms with Gasteiger partial charge in [-0.2, -0.15) is 12.6 Å². The molecule has 5 atom stereocenters. The monoisotopic (exact) mass is 551 g/mol. The van der Waals surface area contributed by atoms with Crippen LogP contribution in [0.15, 0.2) is 108 Å². The predicted molar refractivity (Wildman–Crippen MR) is 175 cm³/mol. The number of aliphatic imine (C=N–C) groups is 1. The standard InChI is InChI=1S/C36H45N3S/c1-4-6-11-27(5-2)32-19-20-34-31-18-16-29-15-17-30(39-24-26(3)28-12-10-23-38-25-28)13-9-21-35(29,37)33(31)14-7-8-22-36(32,34)40/h4-7,10-12,14-15,19,23,25,31,33-34,40H,1,3,8-9,13,16-18,20-22,24,37H2,2H3/b11-6-,14-7?,27-5+,29-15-,39-30?/t31?,33-,34-,35+,36-/m0/s1. The molecule has 0 spiro atoms. The maximum atomic E-state index is 7.51. The van der Waals surface area contributed by atoms with Crippen LogP contribution in [0.2, 0.25) is 0 Å². The largest absolute Gasteiger partial charge is 0.321 e. The Morgan fingerprint density at radius 3 is 2.92 bits per heavy atom. The highest BCUT2D eigenvalue weighted by atomic mass is 32.1. The number of pyridine rings is 1. The average Bonchev–Trinajstić information content (AvgIpc) is 3.27. The van der Waals surface area contributed by atoms with Crippen molar-refractivity contribution in [1.29, 1.82) is 0 Å². The Morgan fingerprint density at radius 1 is 1.27 bits per heavy atom. The highest BCUT2D eigenvalue weighted by Crippen LogP contribution is 2.58. The van der Waals surface area contributed by atoms with Gasteiger partial charge in [-0.25, -0.2) is 0 Å². The smallest absolute Gasteiger partial charge is 0.0639 e. The number of hydrogen-bond donors (Lipinski definition) is 2. The van der Waals surface area contributed by atoms with Gasteiger partial charge in [0, 0.05) is 40.7 Å². The van der Waals surface area contributed by atoms with Gasteiger partial charge in [0.05, 0.1) is 6.54 Å². The SMILES string of the molecule is C=C/C=C\C(=C/C)C1=CC[C@H]2C3CC/C4=C/CC(=NCC(=C)c5cccnc5)CCC[C@]4(N)[C@H]3C=CCC[C@]12S. The van der Waals surface area contributed by atoms with E-state index in [9.17, 15) is 0 Å². The second-order valence-electron chi connectivity index (χ2n) is 12.0. The van der Waals surface area contributed by atoms with Crippen molar-refractivity contribution < 1.29 is 0 Å². The second-order valence-corrected chi connectivity index (χ2v) is 12.8. The summed E-state index contributed by atoms with van der Waals surface area (Å²) in [6, 6.07) is 4.01. The van der Waals surface area contributed by atoms with Gasteiger partial charge in [0.1, 0.15) is 0 Å². The van der Waals surface area contributed by atoms with Crippen LogP contribution in [0.25, 0.3) is 5.57 Å². The Kier molecular flexibility index (Phi) is 8.97. The third-order valence-electron chi connectivity index (χ3n) is 9.85. The molecule has 4 aliphatic carbocycles. The van der Waals surface area contributed by atoms with Crippen molar-refractivity contribution in [2.75, 3.05) is 6.54 Å². The number of fused-ring (bicyclic) bond motifs is 5. The average molecular weight is 552 g/mol. The van der Waals surface area contributed by atoms with E-state index in [1.54, 1.807) is 6.20 Å². The number of allylic oxidation sites excluding steroid dienone is 8. The van der Waals surface area contributed by atoms with Gasteiger partial charge in [-0.3, -0.25) is 9.98 Å². The Labute approximate surface area is 247 Å². The minimum absolute atomic E-state index is 0.128. The van der Waals surface area contributed by atoms with Gasteiger partial charge in [0.2, 0.25) is 0 Å². The summed E-state index contributed by atoms with van der Waals surface area (Å²) in [7, 11) is 0. The zero-order valence-corrected chi connectivity index (χ0v) is 25.0. The first-order valence-corrected chi connectivity index (χ1v) is 15.5. The van der Waals surface area contributed by atoms with Crippen molar-refractivity contribution in [2.45, 2.75) is 75.0 Å². The zero-order valence-electron chi connectivity index (χ0n) is 24.1. The molecule has 1 heterocycles. The summed E-state index contributed by atoms with van der Waals surface area (Å²) in [5.74, 6) is 1.37. The molecule has 0 aliphatic heterocycles. The predicted octanol–water partition coefficient (Wildman–Crippen LogP) is 8.41. The molecule has 2 N–H and O–H groups in total. The summed E-state index contributed by atoms with van der Waals surface area (Å²) in [5, 5.41) is 0. The van der Waals surface area contributed by atoms with Crippen LogP contribution < -0.4 is 5.73 Å². The summed E-state index contributed by atoms with van der Waals surface area (Å²) in [6.07, 6.45) is 31.2. The number of nitrogens with two attached hydrogens (primary N) is 1. The van der Waals surface area contributed by atoms with E-state index in [1.807, 2.05) is 24.4 Å². The molecule has 0 aromatic carbocycles. The van der Waals surface area contributed by atoms with Crippen LogP contribution in [0.3, 0.4) is 0 Å². The van der Waals surface area contributed by atoms with Gasteiger partial charge in [-0.15, -0.1) is 0 Å². The van der Waals surface area contributed by atoms with Gasteiger partial charge >= 0.3 is 0 Å². The van der Waals surface area contributed by atoms with Crippen molar-refractivity contribution in [3.63, 3.8) is 0 Å². The molecule has 4 aliphatic rings. The lowest BCUT2D eigenvalue weighted by atomic mass is 9.56. The fourth-order valence-electron chi connectivity index (χ4n) is 7.75. The van der Waals surface area contributed by atoms with E-state index in [4.69, 9.17) is 23.4 Å². The molecule has 0 amide bonds. The molecule has 5 rings (SSSR count). The fourth-order valence-corrected chi connectivity index (χ4v) is 8.40. The number of nitrogens with zero attached hydrogens (tertiary/aromatic N) is 2. The third kappa shape index (κ3) is 5.58. The Balaban J connectivity index is 1.37. The quantitative estimate of drug-likeness (QED) is 0.212. The summed E-state index contributed by atoms with van der Waals surface area (Å²) in [5.41, 5.74) is 14.7. The van der Waals surface area contributed by atoms with Crippen molar-refractivity contribution >= 4 is 23.9 Å². The van der Waals surface area contributed by atoms with Crippen LogP contribution in [0.4, 0.5) is 0 Å². The summed E-state index contributed by atoms with van der Waals surface area (Å²) in [4.78, 5) is 9.22. The number of thiol groups is 1.